The Morgan fingerprint density at radius 2 is 1.64 bits per heavy atom. The number of aromatic nitrogens is 1. The number of benzene rings is 1. The van der Waals surface area contributed by atoms with Crippen LogP contribution in [0.1, 0.15) is 90.5 Å². The summed E-state index contributed by atoms with van der Waals surface area (Å²) in [5.74, 6) is -1.62. The van der Waals surface area contributed by atoms with Gasteiger partial charge in [0.05, 0.1) is 11.6 Å². The van der Waals surface area contributed by atoms with Crippen LogP contribution < -0.4 is 20.8 Å². The van der Waals surface area contributed by atoms with E-state index in [2.05, 4.69) is 16.0 Å². The summed E-state index contributed by atoms with van der Waals surface area (Å²) in [5.41, 5.74) is 1.64. The van der Waals surface area contributed by atoms with Crippen LogP contribution in [-0.4, -0.2) is 82.3 Å². The van der Waals surface area contributed by atoms with Crippen molar-refractivity contribution < 1.29 is 29.1 Å². The van der Waals surface area contributed by atoms with E-state index in [1.54, 1.807) is 23.7 Å². The van der Waals surface area contributed by atoms with Crippen LogP contribution in [0.2, 0.25) is 0 Å². The van der Waals surface area contributed by atoms with Crippen LogP contribution in [0.15, 0.2) is 30.5 Å². The van der Waals surface area contributed by atoms with Gasteiger partial charge in [-0.15, -0.1) is 0 Å². The Balaban J connectivity index is 1.65. The van der Waals surface area contributed by atoms with Crippen LogP contribution in [0, 0.1) is 5.92 Å². The summed E-state index contributed by atoms with van der Waals surface area (Å²) >= 11 is 0. The first-order valence-corrected chi connectivity index (χ1v) is 16.7. The van der Waals surface area contributed by atoms with Crippen LogP contribution in [0.4, 0.5) is 0 Å². The molecule has 0 bridgehead atoms. The lowest BCUT2D eigenvalue weighted by molar-refractivity contribution is -0.147. The molecule has 2 aliphatic rings. The van der Waals surface area contributed by atoms with E-state index in [0.717, 1.165) is 55.0 Å². The molecule has 4 N–H and O–H groups in total. The fourth-order valence-electron chi connectivity index (χ4n) is 6.50. The smallest absolute Gasteiger partial charge is 0.246 e. The summed E-state index contributed by atoms with van der Waals surface area (Å²) in [4.78, 5) is 62.8. The number of unbranched alkanes of at least 4 members (excludes halogenated alkanes) is 3. The van der Waals surface area contributed by atoms with E-state index in [0.29, 0.717) is 32.2 Å². The Labute approximate surface area is 266 Å². The minimum Gasteiger partial charge on any atom is -0.417 e. The number of piperidine rings is 1. The van der Waals surface area contributed by atoms with Gasteiger partial charge in [0.2, 0.25) is 23.6 Å². The van der Waals surface area contributed by atoms with Gasteiger partial charge in [0.25, 0.3) is 0 Å². The largest absolute Gasteiger partial charge is 0.417 e. The highest BCUT2D eigenvalue weighted by Gasteiger charge is 2.40. The first-order chi connectivity index (χ1) is 21.6. The molecule has 4 rings (SSSR count). The number of nitrogens with one attached hydrogen (secondary N) is 3. The highest BCUT2D eigenvalue weighted by Crippen LogP contribution is 2.24. The van der Waals surface area contributed by atoms with Crippen LogP contribution >= 0.6 is 0 Å². The molecule has 2 aliphatic heterocycles. The van der Waals surface area contributed by atoms with E-state index in [1.165, 1.54) is 0 Å². The lowest BCUT2D eigenvalue weighted by atomic mass is 9.93. The number of para-hydroxylation sites is 1. The molecule has 3 heterocycles. The molecule has 248 valence electrons. The molecule has 2 fully saturated rings. The summed E-state index contributed by atoms with van der Waals surface area (Å²) in [7, 11) is 1.56. The number of aliphatic hydroxyl groups is 1. The van der Waals surface area contributed by atoms with Gasteiger partial charge in [-0.25, -0.2) is 0 Å². The van der Waals surface area contributed by atoms with Crippen molar-refractivity contribution in [1.82, 2.24) is 25.6 Å². The molecular formula is C34H51N5O6. The monoisotopic (exact) mass is 625 g/mol. The highest BCUT2D eigenvalue weighted by molar-refractivity contribution is 5.98. The summed E-state index contributed by atoms with van der Waals surface area (Å²) < 4.78 is 1.63. The van der Waals surface area contributed by atoms with Gasteiger partial charge in [-0.1, -0.05) is 64.2 Å². The molecule has 4 amide bonds. The van der Waals surface area contributed by atoms with Crippen molar-refractivity contribution in [1.29, 1.82) is 0 Å². The first-order valence-electron chi connectivity index (χ1n) is 16.7. The number of amides is 4. The van der Waals surface area contributed by atoms with Crippen LogP contribution in [0.3, 0.4) is 0 Å². The predicted octanol–water partition coefficient (Wildman–Crippen LogP) is 2.86. The number of hydrogen-bond donors (Lipinski definition) is 4. The average Bonchev–Trinajstić information content (AvgIpc) is 3.40. The summed E-state index contributed by atoms with van der Waals surface area (Å²) in [6.07, 6.45) is 8.83. The van der Waals surface area contributed by atoms with Gasteiger partial charge < -0.3 is 30.8 Å². The lowest BCUT2D eigenvalue weighted by Crippen LogP contribution is -2.64. The Bertz CT molecular complexity index is 1330. The quantitative estimate of drug-likeness (QED) is 0.267. The van der Waals surface area contributed by atoms with Crippen molar-refractivity contribution in [2.75, 3.05) is 13.7 Å². The van der Waals surface area contributed by atoms with E-state index in [-0.39, 0.29) is 30.3 Å². The zero-order chi connectivity index (χ0) is 32.5. The molecule has 11 heteroatoms. The fraction of sp³-hybridized carbons (Fsp3) is 0.647. The van der Waals surface area contributed by atoms with Crippen molar-refractivity contribution in [3.63, 3.8) is 0 Å². The second-order valence-corrected chi connectivity index (χ2v) is 12.8. The minimum absolute atomic E-state index is 0.169. The lowest BCUT2D eigenvalue weighted by Gasteiger charge is -2.39. The number of fused-ring (bicyclic) bond motifs is 2. The number of nitrogens with zero attached hydrogens (tertiary/aromatic N) is 2. The molecular weight excluding hydrogens is 574 g/mol. The number of carbonyl (C=O) groups excluding carboxylic acids is 4. The highest BCUT2D eigenvalue weighted by atomic mass is 16.6. The molecule has 2 saturated heterocycles. The topological polar surface area (TPSA) is 142 Å². The summed E-state index contributed by atoms with van der Waals surface area (Å²) in [5, 5.41) is 19.4. The Morgan fingerprint density at radius 3 is 2.38 bits per heavy atom. The van der Waals surface area contributed by atoms with Crippen molar-refractivity contribution in [2.45, 2.75) is 122 Å². The van der Waals surface area contributed by atoms with E-state index < -0.39 is 36.0 Å². The van der Waals surface area contributed by atoms with Crippen molar-refractivity contribution >= 4 is 34.5 Å². The molecule has 0 radical (unpaired) electrons. The van der Waals surface area contributed by atoms with Gasteiger partial charge in [0.15, 0.2) is 0 Å². The molecule has 11 nitrogen and oxygen atoms in total. The fourth-order valence-corrected chi connectivity index (χ4v) is 6.50. The van der Waals surface area contributed by atoms with Crippen LogP contribution in [0.25, 0.3) is 10.9 Å². The van der Waals surface area contributed by atoms with Crippen LogP contribution in [0.5, 0.6) is 0 Å². The van der Waals surface area contributed by atoms with Gasteiger partial charge in [-0.3, -0.25) is 19.2 Å². The minimum atomic E-state index is -0.991. The maximum absolute atomic E-state index is 14.0. The molecule has 0 aliphatic carbocycles. The number of rotatable bonds is 12. The molecule has 6 atom stereocenters. The van der Waals surface area contributed by atoms with Crippen molar-refractivity contribution in [3.05, 3.63) is 36.0 Å². The molecule has 1 aromatic carbocycles. The Hall–Kier alpha value is -3.60. The zero-order valence-corrected chi connectivity index (χ0v) is 27.2. The van der Waals surface area contributed by atoms with E-state index in [4.69, 9.17) is 4.84 Å². The second kappa shape index (κ2) is 16.1. The number of aliphatic hydroxyl groups excluding tert-OH is 1. The Kier molecular flexibility index (Phi) is 12.3. The molecule has 2 aromatic rings. The summed E-state index contributed by atoms with van der Waals surface area (Å²) in [6, 6.07) is 4.31. The number of carbonyl (C=O) groups is 4. The normalized spacial score (nSPS) is 24.5. The van der Waals surface area contributed by atoms with Crippen LogP contribution in [-0.2, 0) is 25.6 Å². The third-order valence-electron chi connectivity index (χ3n) is 9.38. The average molecular weight is 626 g/mol. The standard InChI is InChI=1S/C34H51N5O6/c1-5-22(2)30-34(44)38-19-13-12-18-29(38)33(43)35-26(16-9-7-6-8-14-23(3)40)31(41)36-27(32(42)37-30)20-24-21-39(45-4)28-17-11-10-15-25(24)28/h10-11,15,17,21-23,26-27,29-30,40H,5-9,12-14,16,18-20H2,1-4H3,(H,35,43)(H,36,41)(H,37,42)/t22-,23-,26-,27-,29+,30-/m0/s1. The van der Waals surface area contributed by atoms with Gasteiger partial charge >= 0.3 is 0 Å². The van der Waals surface area contributed by atoms with E-state index in [9.17, 15) is 24.3 Å². The van der Waals surface area contributed by atoms with Gasteiger partial charge in [-0.2, -0.15) is 4.73 Å². The first kappa shape index (κ1) is 34.3. The predicted molar refractivity (Wildman–Crippen MR) is 172 cm³/mol. The zero-order valence-electron chi connectivity index (χ0n) is 27.2. The van der Waals surface area contributed by atoms with Gasteiger partial charge in [-0.05, 0) is 56.6 Å². The van der Waals surface area contributed by atoms with E-state index >= 15 is 0 Å². The molecule has 45 heavy (non-hydrogen) atoms. The van der Waals surface area contributed by atoms with Crippen molar-refractivity contribution in [2.24, 2.45) is 5.92 Å². The third-order valence-corrected chi connectivity index (χ3v) is 9.38. The van der Waals surface area contributed by atoms with Crippen molar-refractivity contribution in [3.8, 4) is 0 Å². The second-order valence-electron chi connectivity index (χ2n) is 12.8. The molecule has 0 saturated carbocycles. The van der Waals surface area contributed by atoms with Gasteiger partial charge in [0.1, 0.15) is 31.3 Å². The van der Waals surface area contributed by atoms with E-state index in [1.807, 2.05) is 44.3 Å². The summed E-state index contributed by atoms with van der Waals surface area (Å²) in [6.45, 7) is 6.09. The Morgan fingerprint density at radius 1 is 0.933 bits per heavy atom. The molecule has 1 aromatic heterocycles. The number of hydrogen-bond acceptors (Lipinski definition) is 6. The SMILES string of the molecule is CC[C@H](C)[C@@H]1NC(=O)[C@H](Cc2cn(OC)c3ccccc23)NC(=O)[C@H](CCCCCC[C@H](C)O)NC(=O)[C@H]2CCCCN2C1=O. The molecule has 0 unspecified atom stereocenters. The van der Waals surface area contributed by atoms with Gasteiger partial charge in [0, 0.05) is 24.5 Å². The third kappa shape index (κ3) is 8.56. The maximum Gasteiger partial charge on any atom is 0.246 e. The molecule has 0 spiro atoms. The maximum atomic E-state index is 14.0.